The average Bonchev–Trinajstić information content (AvgIpc) is 2.56. The maximum Gasteiger partial charge on any atom is 0.255 e. The first-order valence-corrected chi connectivity index (χ1v) is 9.86. The van der Waals surface area contributed by atoms with Crippen molar-refractivity contribution in [3.05, 3.63) is 58.6 Å². The van der Waals surface area contributed by atoms with Crippen LogP contribution in [0.3, 0.4) is 0 Å². The maximum absolute atomic E-state index is 12.1. The van der Waals surface area contributed by atoms with Crippen molar-refractivity contribution >= 4 is 37.5 Å². The third kappa shape index (κ3) is 5.15. The van der Waals surface area contributed by atoms with Crippen LogP contribution in [0.25, 0.3) is 0 Å². The van der Waals surface area contributed by atoms with E-state index in [0.29, 0.717) is 17.8 Å². The zero-order valence-corrected chi connectivity index (χ0v) is 15.7. The normalized spacial score (nSPS) is 11.2. The van der Waals surface area contributed by atoms with Gasteiger partial charge in [0.2, 0.25) is 10.0 Å². The third-order valence-corrected chi connectivity index (χ3v) is 5.36. The number of hydrogen-bond acceptors (Lipinski definition) is 3. The molecule has 0 heterocycles. The summed E-state index contributed by atoms with van der Waals surface area (Å²) in [7, 11) is -3.50. The molecule has 2 N–H and O–H groups in total. The summed E-state index contributed by atoms with van der Waals surface area (Å²) in [4.78, 5) is 12.3. The summed E-state index contributed by atoms with van der Waals surface area (Å²) in [5, 5.41) is 2.74. The van der Waals surface area contributed by atoms with Gasteiger partial charge in [0, 0.05) is 22.3 Å². The summed E-state index contributed by atoms with van der Waals surface area (Å²) < 4.78 is 27.6. The van der Waals surface area contributed by atoms with Gasteiger partial charge < -0.3 is 5.32 Å². The van der Waals surface area contributed by atoms with E-state index in [1.165, 1.54) is 12.1 Å². The molecule has 0 aliphatic heterocycles. The average molecular weight is 411 g/mol. The Balaban J connectivity index is 2.04. The number of hydrogen-bond donors (Lipinski definition) is 2. The first-order chi connectivity index (χ1) is 11.4. The number of nitrogens with one attached hydrogen (secondary N) is 2. The Bertz CT molecular complexity index is 788. The topological polar surface area (TPSA) is 75.3 Å². The van der Waals surface area contributed by atoms with E-state index in [1.54, 1.807) is 36.4 Å². The minimum atomic E-state index is -3.50. The summed E-state index contributed by atoms with van der Waals surface area (Å²) in [6.45, 7) is 2.41. The fourth-order valence-electron chi connectivity index (χ4n) is 1.99. The van der Waals surface area contributed by atoms with Gasteiger partial charge in [-0.15, -0.1) is 0 Å². The number of rotatable bonds is 7. The van der Waals surface area contributed by atoms with Crippen LogP contribution in [-0.2, 0) is 10.0 Å². The maximum atomic E-state index is 12.1. The van der Waals surface area contributed by atoms with Crippen LogP contribution < -0.4 is 10.0 Å². The van der Waals surface area contributed by atoms with Gasteiger partial charge in [0.1, 0.15) is 0 Å². The van der Waals surface area contributed by atoms with E-state index >= 15 is 0 Å². The van der Waals surface area contributed by atoms with E-state index < -0.39 is 10.0 Å². The van der Waals surface area contributed by atoms with Gasteiger partial charge in [-0.05, 0) is 55.0 Å². The molecule has 2 aromatic carbocycles. The highest BCUT2D eigenvalue weighted by Crippen LogP contribution is 2.16. The Morgan fingerprint density at radius 3 is 2.25 bits per heavy atom. The van der Waals surface area contributed by atoms with Crippen molar-refractivity contribution in [1.29, 1.82) is 0 Å². The molecule has 0 radical (unpaired) electrons. The first kappa shape index (κ1) is 18.6. The molecule has 128 valence electrons. The zero-order chi connectivity index (χ0) is 17.6. The highest BCUT2D eigenvalue weighted by Gasteiger charge is 2.13. The molecular formula is C17H19BrN2O3S. The fraction of sp³-hybridized carbons (Fsp3) is 0.235. The van der Waals surface area contributed by atoms with Crippen LogP contribution in [0.5, 0.6) is 0 Å². The highest BCUT2D eigenvalue weighted by atomic mass is 79.9. The van der Waals surface area contributed by atoms with Gasteiger partial charge in [0.25, 0.3) is 5.91 Å². The molecule has 0 unspecified atom stereocenters. The lowest BCUT2D eigenvalue weighted by Crippen LogP contribution is -2.24. The van der Waals surface area contributed by atoms with Gasteiger partial charge in [-0.2, -0.15) is 0 Å². The Morgan fingerprint density at radius 1 is 1.04 bits per heavy atom. The third-order valence-electron chi connectivity index (χ3n) is 3.35. The van der Waals surface area contributed by atoms with Crippen molar-refractivity contribution in [3.63, 3.8) is 0 Å². The number of halogens is 1. The van der Waals surface area contributed by atoms with Gasteiger partial charge in [0.05, 0.1) is 4.90 Å². The quantitative estimate of drug-likeness (QED) is 0.681. The summed E-state index contributed by atoms with van der Waals surface area (Å²) >= 11 is 3.32. The van der Waals surface area contributed by atoms with Crippen molar-refractivity contribution in [3.8, 4) is 0 Å². The smallest absolute Gasteiger partial charge is 0.255 e. The molecular weight excluding hydrogens is 392 g/mol. The van der Waals surface area contributed by atoms with Crippen molar-refractivity contribution in [2.24, 2.45) is 0 Å². The number of amides is 1. The van der Waals surface area contributed by atoms with E-state index in [2.05, 4.69) is 26.0 Å². The monoisotopic (exact) mass is 410 g/mol. The number of anilines is 1. The minimum Gasteiger partial charge on any atom is -0.322 e. The number of sulfonamides is 1. The summed E-state index contributed by atoms with van der Waals surface area (Å²) in [5.74, 6) is -0.251. The molecule has 0 aliphatic carbocycles. The van der Waals surface area contributed by atoms with Crippen LogP contribution in [0.1, 0.15) is 30.1 Å². The molecule has 0 saturated carbocycles. The predicted octanol–water partition coefficient (Wildman–Crippen LogP) is 3.78. The lowest BCUT2D eigenvalue weighted by Gasteiger charge is -2.08. The molecule has 5 nitrogen and oxygen atoms in total. The molecule has 0 aliphatic rings. The van der Waals surface area contributed by atoms with E-state index in [0.717, 1.165) is 17.3 Å². The van der Waals surface area contributed by atoms with E-state index in [4.69, 9.17) is 0 Å². The van der Waals surface area contributed by atoms with E-state index in [-0.39, 0.29) is 10.8 Å². The molecule has 0 fully saturated rings. The molecule has 0 spiro atoms. The number of benzene rings is 2. The second kappa shape index (κ2) is 8.41. The number of carbonyl (C=O) groups is 1. The number of carbonyl (C=O) groups excluding carboxylic acids is 1. The van der Waals surface area contributed by atoms with Gasteiger partial charge in [-0.25, -0.2) is 13.1 Å². The molecule has 0 aromatic heterocycles. The SMILES string of the molecule is CCCCNS(=O)(=O)c1ccc(NC(=O)c2ccc(Br)cc2)cc1. The molecule has 0 atom stereocenters. The van der Waals surface area contributed by atoms with Crippen molar-refractivity contribution in [1.82, 2.24) is 4.72 Å². The van der Waals surface area contributed by atoms with Crippen LogP contribution >= 0.6 is 15.9 Å². The minimum absolute atomic E-state index is 0.181. The second-order valence-corrected chi connectivity index (χ2v) is 7.92. The highest BCUT2D eigenvalue weighted by molar-refractivity contribution is 9.10. The van der Waals surface area contributed by atoms with Crippen molar-refractivity contribution < 1.29 is 13.2 Å². The number of unbranched alkanes of at least 4 members (excludes halogenated alkanes) is 1. The predicted molar refractivity (Wildman–Crippen MR) is 98.6 cm³/mol. The van der Waals surface area contributed by atoms with Crippen molar-refractivity contribution in [2.75, 3.05) is 11.9 Å². The van der Waals surface area contributed by atoms with Crippen LogP contribution in [0.4, 0.5) is 5.69 Å². The molecule has 2 aromatic rings. The fourth-order valence-corrected chi connectivity index (χ4v) is 3.33. The Morgan fingerprint density at radius 2 is 1.67 bits per heavy atom. The standard InChI is InChI=1S/C17H19BrN2O3S/c1-2-3-12-19-24(22,23)16-10-8-15(9-11-16)20-17(21)13-4-6-14(18)7-5-13/h4-11,19H,2-3,12H2,1H3,(H,20,21). The van der Waals surface area contributed by atoms with E-state index in [9.17, 15) is 13.2 Å². The van der Waals surface area contributed by atoms with Gasteiger partial charge in [-0.3, -0.25) is 4.79 Å². The lowest BCUT2D eigenvalue weighted by molar-refractivity contribution is 0.102. The summed E-state index contributed by atoms with van der Waals surface area (Å²) in [6.07, 6.45) is 1.71. The van der Waals surface area contributed by atoms with E-state index in [1.807, 2.05) is 6.92 Å². The summed E-state index contributed by atoms with van der Waals surface area (Å²) in [5.41, 5.74) is 1.06. The van der Waals surface area contributed by atoms with Gasteiger partial charge in [0.15, 0.2) is 0 Å². The summed E-state index contributed by atoms with van der Waals surface area (Å²) in [6, 6.07) is 13.1. The first-order valence-electron chi connectivity index (χ1n) is 7.59. The van der Waals surface area contributed by atoms with Crippen LogP contribution in [-0.4, -0.2) is 20.9 Å². The van der Waals surface area contributed by atoms with Crippen LogP contribution in [0.15, 0.2) is 57.9 Å². The molecule has 0 bridgehead atoms. The molecule has 2 rings (SSSR count). The molecule has 1 amide bonds. The Hall–Kier alpha value is -1.70. The lowest BCUT2D eigenvalue weighted by atomic mass is 10.2. The molecule has 0 saturated heterocycles. The van der Waals surface area contributed by atoms with Crippen LogP contribution in [0, 0.1) is 0 Å². The van der Waals surface area contributed by atoms with Gasteiger partial charge in [-0.1, -0.05) is 29.3 Å². The zero-order valence-electron chi connectivity index (χ0n) is 13.3. The Labute approximate surface area is 150 Å². The molecule has 7 heteroatoms. The Kier molecular flexibility index (Phi) is 6.53. The largest absolute Gasteiger partial charge is 0.322 e. The van der Waals surface area contributed by atoms with Gasteiger partial charge >= 0.3 is 0 Å². The molecule has 24 heavy (non-hydrogen) atoms. The van der Waals surface area contributed by atoms with Crippen molar-refractivity contribution in [2.45, 2.75) is 24.7 Å². The van der Waals surface area contributed by atoms with Crippen LogP contribution in [0.2, 0.25) is 0 Å². The second-order valence-electron chi connectivity index (χ2n) is 5.24.